The molecule has 2 aromatic heterocycles. The third-order valence-electron chi connectivity index (χ3n) is 7.54. The normalized spacial score (nSPS) is 18.4. The zero-order valence-corrected chi connectivity index (χ0v) is 22.3. The number of carbonyl (C=O) groups excluding carboxylic acids is 1. The van der Waals surface area contributed by atoms with Crippen molar-refractivity contribution in [2.45, 2.75) is 32.1 Å². The second-order valence-corrected chi connectivity index (χ2v) is 10.3. The fraction of sp³-hybridized carbons (Fsp3) is 0.321. The minimum Gasteiger partial charge on any atom is -0.367 e. The van der Waals surface area contributed by atoms with E-state index in [0.29, 0.717) is 35.9 Å². The van der Waals surface area contributed by atoms with Gasteiger partial charge in [-0.1, -0.05) is 6.07 Å². The van der Waals surface area contributed by atoms with Crippen LogP contribution >= 0.6 is 0 Å². The molecule has 1 aliphatic rings. The molecule has 0 aliphatic carbocycles. The number of hydrogen-bond acceptors (Lipinski definition) is 5. The number of piperazine rings is 1. The number of rotatable bonds is 4. The Hall–Kier alpha value is -4.19. The number of aryl methyl sites for hydroxylation is 1. The first-order chi connectivity index (χ1) is 18.8. The van der Waals surface area contributed by atoms with Gasteiger partial charge in [-0.15, -0.1) is 0 Å². The summed E-state index contributed by atoms with van der Waals surface area (Å²) in [6.45, 7) is 5.05. The highest BCUT2D eigenvalue weighted by Gasteiger charge is 2.36. The third kappa shape index (κ3) is 5.06. The molecule has 4 aromatic rings. The van der Waals surface area contributed by atoms with Crippen molar-refractivity contribution >= 4 is 28.3 Å². The number of likely N-dealkylation sites (N-methyl/N-ethyl adjacent to an activating group) is 1. The van der Waals surface area contributed by atoms with Gasteiger partial charge in [0, 0.05) is 50.0 Å². The molecule has 2 atom stereocenters. The summed E-state index contributed by atoms with van der Waals surface area (Å²) in [5.74, 6) is -1.64. The van der Waals surface area contributed by atoms with Gasteiger partial charge in [0.05, 0.1) is 39.9 Å². The van der Waals surface area contributed by atoms with E-state index in [1.165, 1.54) is 12.1 Å². The molecule has 210 valence electrons. The molecule has 0 spiro atoms. The van der Waals surface area contributed by atoms with Gasteiger partial charge < -0.3 is 19.8 Å². The standard InChI is InChI=1S/C28H28F4N6O2/c1-15-12-38(13-16(2)37(15)4)25-10-21(29)18(17-5-6-24-22(7-17)34-14-36(24)3)8-23(25)35-27(40)19-11-33-26(39)9-20(19)28(30,31)32/h5-11,14-16H,12-13H2,1-4H3,(H,33,39)(H,35,40). The van der Waals surface area contributed by atoms with E-state index in [1.54, 1.807) is 24.5 Å². The topological polar surface area (TPSA) is 86.3 Å². The Morgan fingerprint density at radius 3 is 2.45 bits per heavy atom. The summed E-state index contributed by atoms with van der Waals surface area (Å²) in [6, 6.07) is 8.49. The lowest BCUT2D eigenvalue weighted by Crippen LogP contribution is -2.55. The molecular formula is C28H28F4N6O2. The Kier molecular flexibility index (Phi) is 6.90. The quantitative estimate of drug-likeness (QED) is 0.351. The van der Waals surface area contributed by atoms with Crippen molar-refractivity contribution in [1.29, 1.82) is 0 Å². The lowest BCUT2D eigenvalue weighted by molar-refractivity contribution is -0.138. The average Bonchev–Trinajstić information content (AvgIpc) is 3.27. The molecule has 40 heavy (non-hydrogen) atoms. The fourth-order valence-electron chi connectivity index (χ4n) is 5.13. The van der Waals surface area contributed by atoms with Gasteiger partial charge in [0.25, 0.3) is 5.91 Å². The van der Waals surface area contributed by atoms with Crippen molar-refractivity contribution in [3.63, 3.8) is 0 Å². The van der Waals surface area contributed by atoms with E-state index in [9.17, 15) is 22.8 Å². The van der Waals surface area contributed by atoms with Crippen LogP contribution in [0.4, 0.5) is 28.9 Å². The van der Waals surface area contributed by atoms with Crippen LogP contribution in [0.1, 0.15) is 29.8 Å². The van der Waals surface area contributed by atoms with Gasteiger partial charge in [-0.05, 0) is 50.7 Å². The molecular weight excluding hydrogens is 528 g/mol. The Bertz CT molecular complexity index is 1650. The molecule has 0 saturated carbocycles. The van der Waals surface area contributed by atoms with E-state index in [2.05, 4.69) is 20.2 Å². The van der Waals surface area contributed by atoms with Crippen LogP contribution in [-0.2, 0) is 13.2 Å². The van der Waals surface area contributed by atoms with Crippen LogP contribution in [0.25, 0.3) is 22.2 Å². The first kappa shape index (κ1) is 27.4. The van der Waals surface area contributed by atoms with Crippen molar-refractivity contribution < 1.29 is 22.4 Å². The summed E-state index contributed by atoms with van der Waals surface area (Å²) in [4.78, 5) is 35.4. The number of pyridine rings is 1. The molecule has 2 aromatic carbocycles. The minimum atomic E-state index is -4.93. The maximum atomic E-state index is 15.7. The number of halogens is 4. The predicted octanol–water partition coefficient (Wildman–Crippen LogP) is 4.87. The summed E-state index contributed by atoms with van der Waals surface area (Å²) in [6.07, 6.45) is -2.56. The summed E-state index contributed by atoms with van der Waals surface area (Å²) < 4.78 is 58.6. The summed E-state index contributed by atoms with van der Waals surface area (Å²) in [5.41, 5.74) is -0.487. The predicted molar refractivity (Wildman–Crippen MR) is 145 cm³/mol. The number of benzene rings is 2. The molecule has 3 heterocycles. The Balaban J connectivity index is 1.62. The lowest BCUT2D eigenvalue weighted by Gasteiger charge is -2.44. The van der Waals surface area contributed by atoms with Gasteiger partial charge in [-0.25, -0.2) is 9.37 Å². The molecule has 2 N–H and O–H groups in total. The Morgan fingerprint density at radius 1 is 1.07 bits per heavy atom. The molecule has 1 fully saturated rings. The van der Waals surface area contributed by atoms with E-state index in [4.69, 9.17) is 0 Å². The number of fused-ring (bicyclic) bond motifs is 1. The van der Waals surface area contributed by atoms with Crippen LogP contribution in [0.15, 0.2) is 53.7 Å². The van der Waals surface area contributed by atoms with Gasteiger partial charge in [0.2, 0.25) is 5.56 Å². The van der Waals surface area contributed by atoms with E-state index in [0.717, 1.165) is 11.7 Å². The number of amides is 1. The lowest BCUT2D eigenvalue weighted by atomic mass is 10.0. The van der Waals surface area contributed by atoms with Crippen LogP contribution in [0.2, 0.25) is 0 Å². The molecule has 1 saturated heterocycles. The SMILES string of the molecule is CC1CN(c2cc(F)c(-c3ccc4c(c3)ncn4C)cc2NC(=O)c2c[nH]c(=O)cc2C(F)(F)F)CC(C)N1C. The van der Waals surface area contributed by atoms with Crippen molar-refractivity contribution in [2.75, 3.05) is 30.4 Å². The highest BCUT2D eigenvalue weighted by Crippen LogP contribution is 2.38. The van der Waals surface area contributed by atoms with E-state index >= 15 is 4.39 Å². The number of nitrogens with one attached hydrogen (secondary N) is 2. The number of aromatic amines is 1. The van der Waals surface area contributed by atoms with Crippen LogP contribution in [0.3, 0.4) is 0 Å². The highest BCUT2D eigenvalue weighted by atomic mass is 19.4. The van der Waals surface area contributed by atoms with E-state index in [-0.39, 0.29) is 23.3 Å². The highest BCUT2D eigenvalue weighted by molar-refractivity contribution is 6.07. The smallest absolute Gasteiger partial charge is 0.367 e. The molecule has 0 bridgehead atoms. The molecule has 12 heteroatoms. The fourth-order valence-corrected chi connectivity index (χ4v) is 5.13. The molecule has 0 radical (unpaired) electrons. The van der Waals surface area contributed by atoms with Crippen molar-refractivity contribution in [3.8, 4) is 11.1 Å². The van der Waals surface area contributed by atoms with Gasteiger partial charge in [-0.3, -0.25) is 14.5 Å². The zero-order valence-electron chi connectivity index (χ0n) is 22.3. The number of nitrogens with zero attached hydrogens (tertiary/aromatic N) is 4. The molecule has 1 amide bonds. The van der Waals surface area contributed by atoms with Crippen molar-refractivity contribution in [1.82, 2.24) is 19.4 Å². The second-order valence-electron chi connectivity index (χ2n) is 10.3. The number of alkyl halides is 3. The Labute approximate surface area is 227 Å². The molecule has 2 unspecified atom stereocenters. The maximum absolute atomic E-state index is 15.7. The monoisotopic (exact) mass is 556 g/mol. The van der Waals surface area contributed by atoms with E-state index in [1.807, 2.05) is 37.4 Å². The maximum Gasteiger partial charge on any atom is 0.417 e. The number of anilines is 2. The average molecular weight is 557 g/mol. The van der Waals surface area contributed by atoms with Crippen LogP contribution in [-0.4, -0.2) is 57.6 Å². The number of carbonyl (C=O) groups is 1. The number of H-pyrrole nitrogens is 1. The van der Waals surface area contributed by atoms with Crippen LogP contribution < -0.4 is 15.8 Å². The molecule has 5 rings (SSSR count). The zero-order chi connectivity index (χ0) is 28.9. The van der Waals surface area contributed by atoms with Gasteiger partial charge in [0.1, 0.15) is 5.82 Å². The third-order valence-corrected chi connectivity index (χ3v) is 7.54. The number of aromatic nitrogens is 3. The largest absolute Gasteiger partial charge is 0.417 e. The van der Waals surface area contributed by atoms with Crippen LogP contribution in [0.5, 0.6) is 0 Å². The second kappa shape index (κ2) is 10.1. The van der Waals surface area contributed by atoms with Crippen molar-refractivity contribution in [3.05, 3.63) is 76.2 Å². The number of imidazole rings is 1. The Morgan fingerprint density at radius 2 is 1.77 bits per heavy atom. The first-order valence-electron chi connectivity index (χ1n) is 12.7. The summed E-state index contributed by atoms with van der Waals surface area (Å²) >= 11 is 0. The van der Waals surface area contributed by atoms with Gasteiger partial charge in [-0.2, -0.15) is 13.2 Å². The summed E-state index contributed by atoms with van der Waals surface area (Å²) in [7, 11) is 3.82. The van der Waals surface area contributed by atoms with Crippen molar-refractivity contribution in [2.24, 2.45) is 7.05 Å². The molecule has 1 aliphatic heterocycles. The first-order valence-corrected chi connectivity index (χ1v) is 12.7. The van der Waals surface area contributed by atoms with Gasteiger partial charge in [0.15, 0.2) is 0 Å². The minimum absolute atomic E-state index is 0.0950. The van der Waals surface area contributed by atoms with Crippen LogP contribution in [0, 0.1) is 5.82 Å². The van der Waals surface area contributed by atoms with E-state index < -0.39 is 34.6 Å². The van der Waals surface area contributed by atoms with Gasteiger partial charge >= 0.3 is 6.18 Å². The molecule has 8 nitrogen and oxygen atoms in total. The summed E-state index contributed by atoms with van der Waals surface area (Å²) in [5, 5.41) is 2.57. The number of hydrogen-bond donors (Lipinski definition) is 2.